The zero-order chi connectivity index (χ0) is 15.4. The average Bonchev–Trinajstić information content (AvgIpc) is 2.81. The first-order chi connectivity index (χ1) is 9.97. The van der Waals surface area contributed by atoms with E-state index < -0.39 is 30.3 Å². The highest BCUT2D eigenvalue weighted by Crippen LogP contribution is 2.18. The predicted octanol–water partition coefficient (Wildman–Crippen LogP) is -0.580. The maximum absolute atomic E-state index is 11.8. The third-order valence-electron chi connectivity index (χ3n) is 3.02. The molecule has 2 aromatic rings. The molecule has 0 aliphatic rings. The highest BCUT2D eigenvalue weighted by molar-refractivity contribution is 5.91. The third-order valence-corrected chi connectivity index (χ3v) is 3.02. The Morgan fingerprint density at radius 1 is 1.29 bits per heavy atom. The first kappa shape index (κ1) is 14.6. The van der Waals surface area contributed by atoms with Crippen LogP contribution in [0.15, 0.2) is 30.5 Å². The second kappa shape index (κ2) is 6.08. The van der Waals surface area contributed by atoms with E-state index in [1.807, 2.05) is 24.3 Å². The van der Waals surface area contributed by atoms with Crippen molar-refractivity contribution in [3.63, 3.8) is 0 Å². The summed E-state index contributed by atoms with van der Waals surface area (Å²) in [6.07, 6.45) is 0.894. The maximum Gasteiger partial charge on any atom is 0.305 e. The molecule has 0 saturated heterocycles. The molecule has 1 heterocycles. The molecule has 1 aromatic heterocycles. The van der Waals surface area contributed by atoms with E-state index in [2.05, 4.69) is 10.3 Å². The Hall–Kier alpha value is -2.83. The third kappa shape index (κ3) is 3.59. The number of carbonyl (C=O) groups is 3. The standard InChI is InChI=1S/C14H14N2O5/c17-12(16-11(14(20)21)6-13(18)19)5-8-7-15-10-4-2-1-3-9(8)10/h1-4,7,11,15H,5-6H2,(H,16,17)(H,18,19)(H,20,21)/p-1/t11-/m0/s1. The molecule has 2 rings (SSSR count). The lowest BCUT2D eigenvalue weighted by Gasteiger charge is -2.17. The fourth-order valence-electron chi connectivity index (χ4n) is 2.06. The zero-order valence-electron chi connectivity index (χ0n) is 11.0. The van der Waals surface area contributed by atoms with Gasteiger partial charge in [0.25, 0.3) is 0 Å². The molecule has 0 unspecified atom stereocenters. The van der Waals surface area contributed by atoms with Gasteiger partial charge >= 0.3 is 5.97 Å². The van der Waals surface area contributed by atoms with Crippen molar-refractivity contribution in [3.8, 4) is 0 Å². The number of para-hydroxylation sites is 1. The summed E-state index contributed by atoms with van der Waals surface area (Å²) >= 11 is 0. The number of carbonyl (C=O) groups excluding carboxylic acids is 2. The number of aliphatic carboxylic acids is 2. The number of carboxylic acids is 2. The van der Waals surface area contributed by atoms with Gasteiger partial charge in [-0.25, -0.2) is 0 Å². The summed E-state index contributed by atoms with van der Waals surface area (Å²) in [5, 5.41) is 22.4. The van der Waals surface area contributed by atoms with Gasteiger partial charge in [-0.2, -0.15) is 0 Å². The van der Waals surface area contributed by atoms with Crippen LogP contribution in [0, 0.1) is 0 Å². The van der Waals surface area contributed by atoms with E-state index in [1.54, 1.807) is 6.20 Å². The van der Waals surface area contributed by atoms with Gasteiger partial charge in [-0.3, -0.25) is 9.59 Å². The number of amides is 1. The van der Waals surface area contributed by atoms with Crippen molar-refractivity contribution < 1.29 is 24.6 Å². The minimum absolute atomic E-state index is 0.0482. The fourth-order valence-corrected chi connectivity index (χ4v) is 2.06. The van der Waals surface area contributed by atoms with Gasteiger partial charge in [-0.15, -0.1) is 0 Å². The molecule has 110 valence electrons. The van der Waals surface area contributed by atoms with Gasteiger partial charge in [0.1, 0.15) is 0 Å². The van der Waals surface area contributed by atoms with Crippen LogP contribution >= 0.6 is 0 Å². The summed E-state index contributed by atoms with van der Waals surface area (Å²) in [5.41, 5.74) is 1.57. The van der Waals surface area contributed by atoms with Crippen LogP contribution in [-0.4, -0.2) is 34.0 Å². The Morgan fingerprint density at radius 3 is 2.67 bits per heavy atom. The predicted molar refractivity (Wildman–Crippen MR) is 71.2 cm³/mol. The summed E-state index contributed by atoms with van der Waals surface area (Å²) in [7, 11) is 0. The first-order valence-electron chi connectivity index (χ1n) is 6.24. The van der Waals surface area contributed by atoms with Crippen LogP contribution in [-0.2, 0) is 20.8 Å². The lowest BCUT2D eigenvalue weighted by atomic mass is 10.1. The van der Waals surface area contributed by atoms with Gasteiger partial charge in [0, 0.05) is 17.1 Å². The van der Waals surface area contributed by atoms with Crippen LogP contribution in [0.5, 0.6) is 0 Å². The van der Waals surface area contributed by atoms with Crippen LogP contribution in [0.2, 0.25) is 0 Å². The van der Waals surface area contributed by atoms with Crippen molar-refractivity contribution >= 4 is 28.7 Å². The first-order valence-corrected chi connectivity index (χ1v) is 6.24. The van der Waals surface area contributed by atoms with Crippen molar-refractivity contribution in [1.82, 2.24) is 10.3 Å². The largest absolute Gasteiger partial charge is 0.548 e. The van der Waals surface area contributed by atoms with Gasteiger partial charge in [0.15, 0.2) is 0 Å². The second-order valence-electron chi connectivity index (χ2n) is 4.57. The minimum atomic E-state index is -1.62. The summed E-state index contributed by atoms with van der Waals surface area (Å²) in [4.78, 5) is 36.2. The Kier molecular flexibility index (Phi) is 4.22. The molecule has 7 nitrogen and oxygen atoms in total. The number of rotatable bonds is 6. The van der Waals surface area contributed by atoms with Crippen molar-refractivity contribution in [1.29, 1.82) is 0 Å². The molecule has 0 fully saturated rings. The van der Waals surface area contributed by atoms with Crippen LogP contribution < -0.4 is 10.4 Å². The maximum atomic E-state index is 11.8. The monoisotopic (exact) mass is 289 g/mol. The van der Waals surface area contributed by atoms with E-state index in [4.69, 9.17) is 5.11 Å². The molecule has 0 aliphatic carbocycles. The van der Waals surface area contributed by atoms with Crippen molar-refractivity contribution in [2.75, 3.05) is 0 Å². The van der Waals surface area contributed by atoms with Crippen LogP contribution in [0.1, 0.15) is 12.0 Å². The van der Waals surface area contributed by atoms with Crippen LogP contribution in [0.4, 0.5) is 0 Å². The molecule has 0 aliphatic heterocycles. The number of carboxylic acid groups (broad SMARTS) is 2. The average molecular weight is 289 g/mol. The molecule has 1 aromatic carbocycles. The number of aromatic nitrogens is 1. The summed E-state index contributed by atoms with van der Waals surface area (Å²) in [5.74, 6) is -3.52. The molecule has 0 spiro atoms. The molecule has 0 bridgehead atoms. The zero-order valence-corrected chi connectivity index (χ0v) is 11.0. The Labute approximate surface area is 119 Å². The van der Waals surface area contributed by atoms with E-state index in [1.165, 1.54) is 0 Å². The quantitative estimate of drug-likeness (QED) is 0.656. The van der Waals surface area contributed by atoms with E-state index in [0.717, 1.165) is 10.9 Å². The molecular formula is C14H13N2O5-. The number of aromatic amines is 1. The normalized spacial score (nSPS) is 12.0. The van der Waals surface area contributed by atoms with E-state index >= 15 is 0 Å². The smallest absolute Gasteiger partial charge is 0.305 e. The topological polar surface area (TPSA) is 122 Å². The van der Waals surface area contributed by atoms with Gasteiger partial charge < -0.3 is 25.3 Å². The van der Waals surface area contributed by atoms with Crippen molar-refractivity contribution in [2.45, 2.75) is 18.9 Å². The van der Waals surface area contributed by atoms with Crippen LogP contribution in [0.25, 0.3) is 10.9 Å². The van der Waals surface area contributed by atoms with Gasteiger partial charge in [0.2, 0.25) is 5.91 Å². The number of H-pyrrole nitrogens is 1. The SMILES string of the molecule is O=C(O)C[C@H](NC(=O)Cc1c[nH]c2ccccc12)C(=O)[O-]. The highest BCUT2D eigenvalue weighted by atomic mass is 16.4. The van der Waals surface area contributed by atoms with E-state index in [0.29, 0.717) is 5.56 Å². The number of benzene rings is 1. The summed E-state index contributed by atoms with van der Waals surface area (Å²) < 4.78 is 0. The lowest BCUT2D eigenvalue weighted by Crippen LogP contribution is -2.49. The fraction of sp³-hybridized carbons (Fsp3) is 0.214. The number of nitrogens with one attached hydrogen (secondary N) is 2. The molecule has 0 radical (unpaired) electrons. The van der Waals surface area contributed by atoms with E-state index in [-0.39, 0.29) is 6.42 Å². The minimum Gasteiger partial charge on any atom is -0.548 e. The molecule has 3 N–H and O–H groups in total. The number of fused-ring (bicyclic) bond motifs is 1. The number of hydrogen-bond acceptors (Lipinski definition) is 4. The molecular weight excluding hydrogens is 276 g/mol. The second-order valence-corrected chi connectivity index (χ2v) is 4.57. The summed E-state index contributed by atoms with van der Waals surface area (Å²) in [6, 6.07) is 5.82. The van der Waals surface area contributed by atoms with Gasteiger partial charge in [0.05, 0.1) is 24.9 Å². The molecule has 1 amide bonds. The number of hydrogen-bond donors (Lipinski definition) is 3. The summed E-state index contributed by atoms with van der Waals surface area (Å²) in [6.45, 7) is 0. The van der Waals surface area contributed by atoms with Crippen molar-refractivity contribution in [3.05, 3.63) is 36.0 Å². The highest BCUT2D eigenvalue weighted by Gasteiger charge is 2.18. The van der Waals surface area contributed by atoms with Crippen molar-refractivity contribution in [2.24, 2.45) is 0 Å². The lowest BCUT2D eigenvalue weighted by molar-refractivity contribution is -0.308. The Balaban J connectivity index is 2.07. The Bertz CT molecular complexity index is 691. The van der Waals surface area contributed by atoms with Crippen LogP contribution in [0.3, 0.4) is 0 Å². The molecule has 21 heavy (non-hydrogen) atoms. The Morgan fingerprint density at radius 2 is 2.00 bits per heavy atom. The molecule has 7 heteroatoms. The molecule has 1 atom stereocenters. The van der Waals surface area contributed by atoms with E-state index in [9.17, 15) is 19.5 Å². The molecule has 0 saturated carbocycles. The van der Waals surface area contributed by atoms with Gasteiger partial charge in [-0.1, -0.05) is 18.2 Å². The van der Waals surface area contributed by atoms with Gasteiger partial charge in [-0.05, 0) is 11.6 Å².